The number of urea groups is 1. The summed E-state index contributed by atoms with van der Waals surface area (Å²) in [5.41, 5.74) is 1.59. The lowest BCUT2D eigenvalue weighted by Crippen LogP contribution is -2.60. The second-order valence-electron chi connectivity index (χ2n) is 12.9. The van der Waals surface area contributed by atoms with E-state index in [4.69, 9.17) is 23.7 Å². The van der Waals surface area contributed by atoms with Gasteiger partial charge in [-0.3, -0.25) is 5.10 Å². The van der Waals surface area contributed by atoms with E-state index in [0.29, 0.717) is 56.3 Å². The number of hydrogen-bond acceptors (Lipinski definition) is 12. The van der Waals surface area contributed by atoms with Crippen LogP contribution in [-0.4, -0.2) is 124 Å². The standard InChI is InChI=1S/C32H50N4O11/c1-18(2)25-22(29(36-35-25)47-30-28(41)27(40)26(39)24(16-37)46-30)14-19-6-7-21(15-23(19)45-20-8-12-43-13-9-20)44-11-5-10-33-31(42)34-32(3,4)17-38/h6-7,15,18,20,24,26-28,30,37-41H,5,8-14,16-17H2,1-4H3,(H,35,36)(H2,33,34,42)/t24-,26-,27+,28-,30+/m1/s1. The van der Waals surface area contributed by atoms with Crippen LogP contribution in [-0.2, 0) is 15.9 Å². The maximum Gasteiger partial charge on any atom is 0.315 e. The molecular formula is C32H50N4O11. The summed E-state index contributed by atoms with van der Waals surface area (Å²) in [5, 5.41) is 62.7. The van der Waals surface area contributed by atoms with Gasteiger partial charge in [-0.15, -0.1) is 5.10 Å². The SMILES string of the molecule is CC(C)c1[nH]nc(O[C@@H]2O[C@H](CO)[C@@H](O)[C@H](O)[C@H]2O)c1Cc1ccc(OCCCNC(=O)NC(C)(C)CO)cc1OC1CCOCC1. The minimum absolute atomic E-state index is 0.0255. The highest BCUT2D eigenvalue weighted by Crippen LogP contribution is 2.35. The largest absolute Gasteiger partial charge is 0.493 e. The molecule has 0 aliphatic carbocycles. The Morgan fingerprint density at radius 2 is 1.85 bits per heavy atom. The molecular weight excluding hydrogens is 616 g/mol. The predicted molar refractivity (Wildman–Crippen MR) is 169 cm³/mol. The third kappa shape index (κ3) is 9.92. The third-order valence-electron chi connectivity index (χ3n) is 8.11. The van der Waals surface area contributed by atoms with Crippen molar-refractivity contribution in [1.82, 2.24) is 20.8 Å². The molecule has 2 fully saturated rings. The van der Waals surface area contributed by atoms with E-state index < -0.39 is 42.9 Å². The van der Waals surface area contributed by atoms with Crippen molar-refractivity contribution in [2.75, 3.05) is 39.6 Å². The van der Waals surface area contributed by atoms with Crippen LogP contribution in [0.15, 0.2) is 18.2 Å². The first-order chi connectivity index (χ1) is 22.4. The number of aromatic nitrogens is 2. The summed E-state index contributed by atoms with van der Waals surface area (Å²) in [6.45, 7) is 8.62. The van der Waals surface area contributed by atoms with Crippen molar-refractivity contribution in [3.63, 3.8) is 0 Å². The third-order valence-corrected chi connectivity index (χ3v) is 8.11. The van der Waals surface area contributed by atoms with Gasteiger partial charge in [0.15, 0.2) is 0 Å². The Morgan fingerprint density at radius 3 is 2.53 bits per heavy atom. The maximum atomic E-state index is 12.1. The van der Waals surface area contributed by atoms with Gasteiger partial charge in [0.25, 0.3) is 0 Å². The normalized spacial score (nSPS) is 23.8. The van der Waals surface area contributed by atoms with Gasteiger partial charge in [0.2, 0.25) is 12.2 Å². The van der Waals surface area contributed by atoms with Gasteiger partial charge >= 0.3 is 6.03 Å². The van der Waals surface area contributed by atoms with Crippen LogP contribution in [0.1, 0.15) is 69.7 Å². The number of nitrogens with one attached hydrogen (secondary N) is 3. The Kier molecular flexibility index (Phi) is 13.1. The molecule has 0 radical (unpaired) electrons. The number of aliphatic hydroxyl groups is 5. The number of amides is 2. The van der Waals surface area contributed by atoms with Crippen LogP contribution in [0.25, 0.3) is 0 Å². The van der Waals surface area contributed by atoms with Gasteiger partial charge in [-0.05, 0) is 37.8 Å². The molecule has 0 saturated carbocycles. The van der Waals surface area contributed by atoms with Crippen molar-refractivity contribution in [2.45, 2.75) is 102 Å². The molecule has 47 heavy (non-hydrogen) atoms. The zero-order chi connectivity index (χ0) is 34.1. The molecule has 0 spiro atoms. The van der Waals surface area contributed by atoms with Crippen LogP contribution in [0.3, 0.4) is 0 Å². The summed E-state index contributed by atoms with van der Waals surface area (Å²) in [6, 6.07) is 5.21. The molecule has 15 nitrogen and oxygen atoms in total. The molecule has 2 saturated heterocycles. The van der Waals surface area contributed by atoms with Crippen molar-refractivity contribution in [3.8, 4) is 17.4 Å². The minimum atomic E-state index is -1.59. The summed E-state index contributed by atoms with van der Waals surface area (Å²) in [4.78, 5) is 12.1. The number of carbonyl (C=O) groups excluding carboxylic acids is 1. The highest BCUT2D eigenvalue weighted by atomic mass is 16.7. The first kappa shape index (κ1) is 36.7. The van der Waals surface area contributed by atoms with E-state index in [1.807, 2.05) is 32.0 Å². The van der Waals surface area contributed by atoms with Gasteiger partial charge in [0.05, 0.1) is 38.6 Å². The summed E-state index contributed by atoms with van der Waals surface area (Å²) in [7, 11) is 0. The number of H-pyrrole nitrogens is 1. The molecule has 1 aromatic carbocycles. The fraction of sp³-hybridized carbons (Fsp3) is 0.688. The molecule has 264 valence electrons. The van der Waals surface area contributed by atoms with Crippen LogP contribution in [0.4, 0.5) is 4.79 Å². The Hall–Kier alpha value is -3.18. The number of ether oxygens (including phenoxy) is 5. The Bertz CT molecular complexity index is 1280. The lowest BCUT2D eigenvalue weighted by molar-refractivity contribution is -0.278. The van der Waals surface area contributed by atoms with E-state index in [9.17, 15) is 30.3 Å². The van der Waals surface area contributed by atoms with Crippen molar-refractivity contribution in [1.29, 1.82) is 0 Å². The highest BCUT2D eigenvalue weighted by molar-refractivity contribution is 5.74. The van der Waals surface area contributed by atoms with Gasteiger partial charge in [0.1, 0.15) is 42.0 Å². The number of rotatable bonds is 15. The molecule has 2 aliphatic rings. The molecule has 0 bridgehead atoms. The lowest BCUT2D eigenvalue weighted by atomic mass is 9.98. The van der Waals surface area contributed by atoms with E-state index in [1.54, 1.807) is 13.8 Å². The molecule has 2 aliphatic heterocycles. The topological polar surface area (TPSA) is 217 Å². The molecule has 8 N–H and O–H groups in total. The minimum Gasteiger partial charge on any atom is -0.493 e. The van der Waals surface area contributed by atoms with Gasteiger partial charge in [-0.2, -0.15) is 0 Å². The second-order valence-corrected chi connectivity index (χ2v) is 12.9. The van der Waals surface area contributed by atoms with E-state index in [-0.39, 0.29) is 30.5 Å². The molecule has 2 aromatic rings. The quantitative estimate of drug-likeness (QED) is 0.123. The zero-order valence-corrected chi connectivity index (χ0v) is 27.5. The first-order valence-corrected chi connectivity index (χ1v) is 16.1. The summed E-state index contributed by atoms with van der Waals surface area (Å²) < 4.78 is 29.5. The average molecular weight is 667 g/mol. The fourth-order valence-electron chi connectivity index (χ4n) is 5.28. The monoisotopic (exact) mass is 666 g/mol. The van der Waals surface area contributed by atoms with Crippen molar-refractivity contribution < 1.29 is 54.0 Å². The summed E-state index contributed by atoms with van der Waals surface area (Å²) >= 11 is 0. The number of aliphatic hydroxyl groups excluding tert-OH is 5. The van der Waals surface area contributed by atoms with Crippen molar-refractivity contribution in [3.05, 3.63) is 35.0 Å². The number of aromatic amines is 1. The second kappa shape index (κ2) is 16.8. The maximum absolute atomic E-state index is 12.1. The van der Waals surface area contributed by atoms with E-state index in [1.165, 1.54) is 0 Å². The Balaban J connectivity index is 1.49. The predicted octanol–water partition coefficient (Wildman–Crippen LogP) is 0.699. The molecule has 5 atom stereocenters. The number of hydrogen-bond donors (Lipinski definition) is 8. The number of benzene rings is 1. The molecule has 0 unspecified atom stereocenters. The van der Waals surface area contributed by atoms with Gasteiger partial charge in [0, 0.05) is 43.1 Å². The highest BCUT2D eigenvalue weighted by Gasteiger charge is 2.45. The average Bonchev–Trinajstić information content (AvgIpc) is 3.44. The van der Waals surface area contributed by atoms with E-state index in [0.717, 1.165) is 24.1 Å². The smallest absolute Gasteiger partial charge is 0.315 e. The molecule has 3 heterocycles. The zero-order valence-electron chi connectivity index (χ0n) is 27.5. The Morgan fingerprint density at radius 1 is 1.11 bits per heavy atom. The molecule has 15 heteroatoms. The Labute approximate surface area is 274 Å². The van der Waals surface area contributed by atoms with Gasteiger partial charge < -0.3 is 59.9 Å². The van der Waals surface area contributed by atoms with Crippen molar-refractivity contribution in [2.24, 2.45) is 0 Å². The van der Waals surface area contributed by atoms with E-state index in [2.05, 4.69) is 20.8 Å². The van der Waals surface area contributed by atoms with Gasteiger partial charge in [-0.25, -0.2) is 4.79 Å². The molecule has 2 amide bonds. The summed E-state index contributed by atoms with van der Waals surface area (Å²) in [5.74, 6) is 1.38. The first-order valence-electron chi connectivity index (χ1n) is 16.1. The fourth-order valence-corrected chi connectivity index (χ4v) is 5.28. The molecule has 1 aromatic heterocycles. The van der Waals surface area contributed by atoms with Crippen LogP contribution in [0.5, 0.6) is 17.4 Å². The lowest BCUT2D eigenvalue weighted by Gasteiger charge is -2.39. The van der Waals surface area contributed by atoms with Crippen LogP contribution in [0, 0.1) is 0 Å². The van der Waals surface area contributed by atoms with Crippen LogP contribution in [0.2, 0.25) is 0 Å². The van der Waals surface area contributed by atoms with Crippen LogP contribution < -0.4 is 24.8 Å². The number of nitrogens with zero attached hydrogens (tertiary/aromatic N) is 1. The van der Waals surface area contributed by atoms with E-state index >= 15 is 0 Å². The number of carbonyl (C=O) groups is 1. The van der Waals surface area contributed by atoms with Gasteiger partial charge in [-0.1, -0.05) is 19.9 Å². The van der Waals surface area contributed by atoms with Crippen LogP contribution >= 0.6 is 0 Å². The molecule has 4 rings (SSSR count). The summed E-state index contributed by atoms with van der Waals surface area (Å²) in [6.07, 6.45) is -4.88. The van der Waals surface area contributed by atoms with Crippen molar-refractivity contribution >= 4 is 6.03 Å².